The third-order valence-corrected chi connectivity index (χ3v) is 5.38. The molecular weight excluding hydrogens is 374 g/mol. The summed E-state index contributed by atoms with van der Waals surface area (Å²) in [6.07, 6.45) is 4.12. The van der Waals surface area contributed by atoms with Crippen LogP contribution in [-0.2, 0) is 17.8 Å². The molecule has 0 bridgehead atoms. The van der Waals surface area contributed by atoms with E-state index in [1.54, 1.807) is 0 Å². The van der Waals surface area contributed by atoms with Gasteiger partial charge in [0.05, 0.1) is 17.6 Å². The minimum absolute atomic E-state index is 0.134. The Hall–Kier alpha value is -2.82. The van der Waals surface area contributed by atoms with E-state index in [9.17, 15) is 4.79 Å². The van der Waals surface area contributed by atoms with E-state index in [0.29, 0.717) is 19.6 Å². The van der Waals surface area contributed by atoms with Gasteiger partial charge in [0.25, 0.3) is 0 Å². The summed E-state index contributed by atoms with van der Waals surface area (Å²) in [5, 5.41) is 2.99. The van der Waals surface area contributed by atoms with Gasteiger partial charge < -0.3 is 14.6 Å². The molecule has 0 atom stereocenters. The SMILES string of the molecule is CCCC(=O)NCCCc1nc2ccccc2n1CCCOc1ccc(C)c(C)c1. The van der Waals surface area contributed by atoms with E-state index in [1.165, 1.54) is 11.1 Å². The smallest absolute Gasteiger partial charge is 0.219 e. The predicted molar refractivity (Wildman–Crippen MR) is 122 cm³/mol. The second-order valence-electron chi connectivity index (χ2n) is 7.82. The van der Waals surface area contributed by atoms with E-state index >= 15 is 0 Å². The second kappa shape index (κ2) is 10.8. The first-order valence-electron chi connectivity index (χ1n) is 11.0. The zero-order valence-electron chi connectivity index (χ0n) is 18.4. The van der Waals surface area contributed by atoms with Gasteiger partial charge in [0.1, 0.15) is 11.6 Å². The highest BCUT2D eigenvalue weighted by molar-refractivity contribution is 5.76. The highest BCUT2D eigenvalue weighted by Crippen LogP contribution is 2.19. The van der Waals surface area contributed by atoms with E-state index < -0.39 is 0 Å². The predicted octanol–water partition coefficient (Wildman–Crippen LogP) is 4.97. The van der Waals surface area contributed by atoms with Crippen LogP contribution in [0, 0.1) is 13.8 Å². The number of hydrogen-bond acceptors (Lipinski definition) is 3. The Morgan fingerprint density at radius 1 is 1.10 bits per heavy atom. The molecule has 0 fully saturated rings. The molecule has 3 rings (SSSR count). The number of carbonyl (C=O) groups is 1. The fourth-order valence-electron chi connectivity index (χ4n) is 3.57. The number of para-hydroxylation sites is 2. The first-order valence-corrected chi connectivity index (χ1v) is 11.0. The average Bonchev–Trinajstić information content (AvgIpc) is 3.09. The van der Waals surface area contributed by atoms with Gasteiger partial charge in [-0.05, 0) is 68.5 Å². The second-order valence-corrected chi connectivity index (χ2v) is 7.82. The molecule has 0 aliphatic heterocycles. The lowest BCUT2D eigenvalue weighted by molar-refractivity contribution is -0.121. The van der Waals surface area contributed by atoms with Crippen LogP contribution in [0.25, 0.3) is 11.0 Å². The summed E-state index contributed by atoms with van der Waals surface area (Å²) in [7, 11) is 0. The van der Waals surface area contributed by atoms with E-state index in [0.717, 1.165) is 54.8 Å². The summed E-state index contributed by atoms with van der Waals surface area (Å²) < 4.78 is 8.26. The molecule has 3 aromatic rings. The molecule has 0 radical (unpaired) electrons. The molecule has 0 aliphatic rings. The maximum absolute atomic E-state index is 11.6. The van der Waals surface area contributed by atoms with Crippen molar-refractivity contribution in [2.75, 3.05) is 13.2 Å². The first kappa shape index (κ1) is 21.9. The maximum Gasteiger partial charge on any atom is 0.219 e. The number of aryl methyl sites for hydroxylation is 4. The molecular formula is C25H33N3O2. The van der Waals surface area contributed by atoms with E-state index in [2.05, 4.69) is 54.1 Å². The molecule has 0 spiro atoms. The van der Waals surface area contributed by atoms with E-state index in [4.69, 9.17) is 9.72 Å². The quantitative estimate of drug-likeness (QED) is 0.457. The molecule has 2 aromatic carbocycles. The lowest BCUT2D eigenvalue weighted by atomic mass is 10.1. The van der Waals surface area contributed by atoms with Crippen LogP contribution in [-0.4, -0.2) is 28.6 Å². The Labute approximate surface area is 179 Å². The Balaban J connectivity index is 1.57. The highest BCUT2D eigenvalue weighted by Gasteiger charge is 2.10. The Morgan fingerprint density at radius 2 is 1.93 bits per heavy atom. The zero-order valence-corrected chi connectivity index (χ0v) is 18.4. The number of imidazole rings is 1. The lowest BCUT2D eigenvalue weighted by Gasteiger charge is -2.11. The maximum atomic E-state index is 11.6. The molecule has 160 valence electrons. The minimum Gasteiger partial charge on any atom is -0.494 e. The van der Waals surface area contributed by atoms with Gasteiger partial charge in [0, 0.05) is 25.9 Å². The first-order chi connectivity index (χ1) is 14.6. The summed E-state index contributed by atoms with van der Waals surface area (Å²) in [5.74, 6) is 2.14. The van der Waals surface area contributed by atoms with E-state index in [1.807, 2.05) is 19.1 Å². The van der Waals surface area contributed by atoms with Crippen LogP contribution in [0.1, 0.15) is 49.6 Å². The summed E-state index contributed by atoms with van der Waals surface area (Å²) in [6, 6.07) is 14.5. The number of hydrogen-bond donors (Lipinski definition) is 1. The standard InChI is InChI=1S/C25H33N3O2/c1-4-9-25(29)26-15-7-12-24-27-22-10-5-6-11-23(22)28(24)16-8-17-30-21-14-13-19(2)20(3)18-21/h5-6,10-11,13-14,18H,4,7-9,12,15-17H2,1-3H3,(H,26,29). The molecule has 5 heteroatoms. The number of benzene rings is 2. The molecule has 1 N–H and O–H groups in total. The van der Waals surface area contributed by atoms with Crippen LogP contribution >= 0.6 is 0 Å². The Morgan fingerprint density at radius 3 is 2.73 bits per heavy atom. The van der Waals surface area contributed by atoms with Crippen molar-refractivity contribution in [2.24, 2.45) is 0 Å². The van der Waals surface area contributed by atoms with Gasteiger partial charge in [-0.3, -0.25) is 4.79 Å². The van der Waals surface area contributed by atoms with Crippen molar-refractivity contribution in [2.45, 2.75) is 59.4 Å². The number of amides is 1. The number of carbonyl (C=O) groups excluding carboxylic acids is 1. The van der Waals surface area contributed by atoms with Crippen molar-refractivity contribution < 1.29 is 9.53 Å². The van der Waals surface area contributed by atoms with Crippen molar-refractivity contribution in [3.8, 4) is 5.75 Å². The molecule has 0 aliphatic carbocycles. The lowest BCUT2D eigenvalue weighted by Crippen LogP contribution is -2.24. The molecule has 0 saturated carbocycles. The van der Waals surface area contributed by atoms with Crippen LogP contribution < -0.4 is 10.1 Å². The van der Waals surface area contributed by atoms with Crippen LogP contribution in [0.5, 0.6) is 5.75 Å². The Kier molecular flexibility index (Phi) is 7.89. The van der Waals surface area contributed by atoms with Crippen molar-refractivity contribution in [3.63, 3.8) is 0 Å². The fourth-order valence-corrected chi connectivity index (χ4v) is 3.57. The Bertz CT molecular complexity index is 978. The number of aromatic nitrogens is 2. The largest absolute Gasteiger partial charge is 0.494 e. The fraction of sp³-hybridized carbons (Fsp3) is 0.440. The van der Waals surface area contributed by atoms with Crippen LogP contribution in [0.4, 0.5) is 0 Å². The molecule has 0 unspecified atom stereocenters. The monoisotopic (exact) mass is 407 g/mol. The van der Waals surface area contributed by atoms with Gasteiger partial charge in [-0.25, -0.2) is 4.98 Å². The number of nitrogens with zero attached hydrogens (tertiary/aromatic N) is 2. The van der Waals surface area contributed by atoms with Crippen molar-refractivity contribution in [3.05, 3.63) is 59.4 Å². The van der Waals surface area contributed by atoms with Crippen LogP contribution in [0.2, 0.25) is 0 Å². The van der Waals surface area contributed by atoms with Crippen LogP contribution in [0.15, 0.2) is 42.5 Å². The van der Waals surface area contributed by atoms with E-state index in [-0.39, 0.29) is 5.91 Å². The summed E-state index contributed by atoms with van der Waals surface area (Å²) in [5.41, 5.74) is 4.72. The summed E-state index contributed by atoms with van der Waals surface area (Å²) in [6.45, 7) is 8.46. The number of ether oxygens (including phenoxy) is 1. The summed E-state index contributed by atoms with van der Waals surface area (Å²) >= 11 is 0. The minimum atomic E-state index is 0.134. The topological polar surface area (TPSA) is 56.2 Å². The third-order valence-electron chi connectivity index (χ3n) is 5.38. The van der Waals surface area contributed by atoms with Gasteiger partial charge in [0.2, 0.25) is 5.91 Å². The highest BCUT2D eigenvalue weighted by atomic mass is 16.5. The molecule has 5 nitrogen and oxygen atoms in total. The average molecular weight is 408 g/mol. The van der Waals surface area contributed by atoms with Crippen molar-refractivity contribution >= 4 is 16.9 Å². The van der Waals surface area contributed by atoms with Crippen molar-refractivity contribution in [1.82, 2.24) is 14.9 Å². The van der Waals surface area contributed by atoms with Gasteiger partial charge >= 0.3 is 0 Å². The number of fused-ring (bicyclic) bond motifs is 1. The number of rotatable bonds is 11. The van der Waals surface area contributed by atoms with Gasteiger partial charge in [-0.2, -0.15) is 0 Å². The molecule has 0 saturated heterocycles. The zero-order chi connectivity index (χ0) is 21.3. The third kappa shape index (κ3) is 5.85. The number of nitrogens with one attached hydrogen (secondary N) is 1. The van der Waals surface area contributed by atoms with Gasteiger partial charge in [-0.15, -0.1) is 0 Å². The van der Waals surface area contributed by atoms with Crippen LogP contribution in [0.3, 0.4) is 0 Å². The molecule has 1 aromatic heterocycles. The van der Waals surface area contributed by atoms with Gasteiger partial charge in [-0.1, -0.05) is 25.1 Å². The summed E-state index contributed by atoms with van der Waals surface area (Å²) in [4.78, 5) is 16.5. The van der Waals surface area contributed by atoms with Gasteiger partial charge in [0.15, 0.2) is 0 Å². The normalized spacial score (nSPS) is 11.0. The van der Waals surface area contributed by atoms with Crippen molar-refractivity contribution in [1.29, 1.82) is 0 Å². The molecule has 1 amide bonds. The molecule has 30 heavy (non-hydrogen) atoms. The molecule has 1 heterocycles.